The van der Waals surface area contributed by atoms with Gasteiger partial charge in [0.15, 0.2) is 0 Å². The Kier molecular flexibility index (Phi) is 4.85. The number of hydrogen-bond acceptors (Lipinski definition) is 3. The number of carbonyl (C=O) groups excluding carboxylic acids is 2. The lowest BCUT2D eigenvalue weighted by atomic mass is 10.1. The van der Waals surface area contributed by atoms with Crippen molar-refractivity contribution < 1.29 is 14.7 Å². The van der Waals surface area contributed by atoms with Gasteiger partial charge in [0.05, 0.1) is 11.7 Å². The van der Waals surface area contributed by atoms with Crippen LogP contribution in [-0.2, 0) is 11.3 Å². The number of fused-ring (bicyclic) bond motifs is 1. The van der Waals surface area contributed by atoms with E-state index < -0.39 is 0 Å². The summed E-state index contributed by atoms with van der Waals surface area (Å²) in [5, 5.41) is 17.1. The Balaban J connectivity index is 1.40. The highest BCUT2D eigenvalue weighted by Crippen LogP contribution is 2.29. The maximum Gasteiger partial charge on any atom is 0.319 e. The molecule has 0 bridgehead atoms. The molecule has 0 aliphatic carbocycles. The van der Waals surface area contributed by atoms with Crippen LogP contribution in [0, 0.1) is 0 Å². The van der Waals surface area contributed by atoms with E-state index in [2.05, 4.69) is 10.6 Å². The first-order valence-corrected chi connectivity index (χ1v) is 9.20. The fourth-order valence-electron chi connectivity index (χ4n) is 3.57. The van der Waals surface area contributed by atoms with Crippen LogP contribution in [0.2, 0.25) is 0 Å². The number of anilines is 1. The van der Waals surface area contributed by atoms with Crippen molar-refractivity contribution in [1.29, 1.82) is 0 Å². The number of amides is 3. The molecule has 1 aliphatic heterocycles. The molecule has 0 spiro atoms. The lowest BCUT2D eigenvalue weighted by Gasteiger charge is -2.17. The quantitative estimate of drug-likeness (QED) is 0.653. The van der Waals surface area contributed by atoms with Crippen molar-refractivity contribution in [3.8, 4) is 5.75 Å². The van der Waals surface area contributed by atoms with Gasteiger partial charge < -0.3 is 20.6 Å². The molecule has 0 aromatic heterocycles. The molecular formula is C22H21N3O3. The smallest absolute Gasteiger partial charge is 0.319 e. The highest BCUT2D eigenvalue weighted by molar-refractivity contribution is 6.03. The topological polar surface area (TPSA) is 81.7 Å². The van der Waals surface area contributed by atoms with Crippen molar-refractivity contribution in [3.63, 3.8) is 0 Å². The molecule has 1 heterocycles. The first kappa shape index (κ1) is 17.9. The number of urea groups is 1. The van der Waals surface area contributed by atoms with Gasteiger partial charge in [-0.15, -0.1) is 0 Å². The van der Waals surface area contributed by atoms with Gasteiger partial charge in [-0.3, -0.25) is 4.79 Å². The van der Waals surface area contributed by atoms with E-state index in [1.165, 1.54) is 0 Å². The minimum absolute atomic E-state index is 0.0317. The van der Waals surface area contributed by atoms with E-state index in [0.717, 1.165) is 10.9 Å². The second-order valence-electron chi connectivity index (χ2n) is 6.94. The van der Waals surface area contributed by atoms with Crippen LogP contribution < -0.4 is 10.6 Å². The van der Waals surface area contributed by atoms with Gasteiger partial charge in [0, 0.05) is 30.3 Å². The Hall–Kier alpha value is -3.54. The van der Waals surface area contributed by atoms with Crippen molar-refractivity contribution in [2.45, 2.75) is 19.0 Å². The summed E-state index contributed by atoms with van der Waals surface area (Å²) in [6.45, 7) is 1.03. The number of rotatable bonds is 4. The summed E-state index contributed by atoms with van der Waals surface area (Å²) in [6, 6.07) is 19.7. The van der Waals surface area contributed by atoms with E-state index in [9.17, 15) is 14.7 Å². The number of phenols is 1. The van der Waals surface area contributed by atoms with Crippen molar-refractivity contribution in [3.05, 3.63) is 72.3 Å². The fourth-order valence-corrected chi connectivity index (χ4v) is 3.57. The molecule has 142 valence electrons. The fraction of sp³-hybridized carbons (Fsp3) is 0.182. The summed E-state index contributed by atoms with van der Waals surface area (Å²) >= 11 is 0. The number of nitrogens with zero attached hydrogens (tertiary/aromatic N) is 1. The molecule has 4 rings (SSSR count). The molecule has 3 aromatic rings. The zero-order valence-electron chi connectivity index (χ0n) is 15.3. The molecular weight excluding hydrogens is 354 g/mol. The molecule has 0 saturated carbocycles. The van der Waals surface area contributed by atoms with E-state index in [-0.39, 0.29) is 30.2 Å². The molecule has 1 aliphatic rings. The zero-order valence-corrected chi connectivity index (χ0v) is 15.3. The number of benzene rings is 3. The van der Waals surface area contributed by atoms with Crippen LogP contribution in [-0.4, -0.2) is 34.5 Å². The van der Waals surface area contributed by atoms with Crippen LogP contribution in [0.15, 0.2) is 66.7 Å². The summed E-state index contributed by atoms with van der Waals surface area (Å²) < 4.78 is 0. The Morgan fingerprint density at radius 3 is 2.57 bits per heavy atom. The van der Waals surface area contributed by atoms with Crippen LogP contribution in [0.3, 0.4) is 0 Å². The number of carbonyl (C=O) groups is 2. The van der Waals surface area contributed by atoms with Crippen molar-refractivity contribution >= 4 is 28.4 Å². The van der Waals surface area contributed by atoms with E-state index in [0.29, 0.717) is 24.2 Å². The van der Waals surface area contributed by atoms with Crippen LogP contribution >= 0.6 is 0 Å². The van der Waals surface area contributed by atoms with Crippen molar-refractivity contribution in [2.75, 3.05) is 11.9 Å². The summed E-state index contributed by atoms with van der Waals surface area (Å²) in [5.74, 6) is 0.198. The molecule has 3 N–H and O–H groups in total. The first-order chi connectivity index (χ1) is 13.6. The van der Waals surface area contributed by atoms with Gasteiger partial charge in [0.2, 0.25) is 5.91 Å². The molecule has 1 unspecified atom stereocenters. The van der Waals surface area contributed by atoms with E-state index in [4.69, 9.17) is 0 Å². The van der Waals surface area contributed by atoms with E-state index in [1.54, 1.807) is 35.2 Å². The highest BCUT2D eigenvalue weighted by Gasteiger charge is 2.30. The Morgan fingerprint density at radius 1 is 1.00 bits per heavy atom. The maximum atomic E-state index is 12.5. The highest BCUT2D eigenvalue weighted by atomic mass is 16.3. The van der Waals surface area contributed by atoms with Gasteiger partial charge in [-0.2, -0.15) is 0 Å². The molecule has 3 amide bonds. The normalized spacial score (nSPS) is 16.4. The minimum atomic E-state index is -0.366. The van der Waals surface area contributed by atoms with Crippen LogP contribution in [0.4, 0.5) is 10.5 Å². The minimum Gasteiger partial charge on any atom is -0.507 e. The molecule has 0 radical (unpaired) electrons. The van der Waals surface area contributed by atoms with Gasteiger partial charge in [0.1, 0.15) is 5.75 Å². The van der Waals surface area contributed by atoms with Gasteiger partial charge in [-0.05, 0) is 17.7 Å². The molecule has 6 heteroatoms. The van der Waals surface area contributed by atoms with E-state index >= 15 is 0 Å². The average Bonchev–Trinajstić information content (AvgIpc) is 3.02. The van der Waals surface area contributed by atoms with Crippen molar-refractivity contribution in [2.24, 2.45) is 0 Å². The zero-order chi connectivity index (χ0) is 19.5. The lowest BCUT2D eigenvalue weighted by Crippen LogP contribution is -2.39. The third-order valence-corrected chi connectivity index (χ3v) is 4.91. The third-order valence-electron chi connectivity index (χ3n) is 4.91. The molecule has 1 saturated heterocycles. The van der Waals surface area contributed by atoms with Crippen LogP contribution in [0.1, 0.15) is 12.0 Å². The number of aromatic hydroxyl groups is 1. The second kappa shape index (κ2) is 7.60. The number of nitrogens with one attached hydrogen (secondary N) is 2. The van der Waals surface area contributed by atoms with Gasteiger partial charge in [0.25, 0.3) is 0 Å². The monoisotopic (exact) mass is 375 g/mol. The standard InChI is InChI=1S/C22H21N3O3/c26-20-11-5-8-17-18(20)9-4-10-19(17)24-22(28)23-16-12-21(27)25(14-16)13-15-6-2-1-3-7-15/h1-11,16,26H,12-14H2,(H2,23,24,28). The van der Waals surface area contributed by atoms with Gasteiger partial charge >= 0.3 is 6.03 Å². The van der Waals surface area contributed by atoms with Gasteiger partial charge in [-0.1, -0.05) is 54.6 Å². The Morgan fingerprint density at radius 2 is 1.75 bits per heavy atom. The summed E-state index contributed by atoms with van der Waals surface area (Å²) in [6.07, 6.45) is 0.288. The van der Waals surface area contributed by atoms with Gasteiger partial charge in [-0.25, -0.2) is 4.79 Å². The predicted molar refractivity (Wildman–Crippen MR) is 108 cm³/mol. The molecule has 1 atom stereocenters. The molecule has 6 nitrogen and oxygen atoms in total. The summed E-state index contributed by atoms with van der Waals surface area (Å²) in [4.78, 5) is 26.5. The molecule has 28 heavy (non-hydrogen) atoms. The number of phenolic OH excluding ortho intramolecular Hbond substituents is 1. The van der Waals surface area contributed by atoms with Crippen LogP contribution in [0.25, 0.3) is 10.8 Å². The third kappa shape index (κ3) is 3.76. The average molecular weight is 375 g/mol. The maximum absolute atomic E-state index is 12.5. The predicted octanol–water partition coefficient (Wildman–Crippen LogP) is 3.47. The van der Waals surface area contributed by atoms with Crippen molar-refractivity contribution in [1.82, 2.24) is 10.2 Å². The van der Waals surface area contributed by atoms with E-state index in [1.807, 2.05) is 36.4 Å². The first-order valence-electron chi connectivity index (χ1n) is 9.20. The van der Waals surface area contributed by atoms with Crippen LogP contribution in [0.5, 0.6) is 5.75 Å². The lowest BCUT2D eigenvalue weighted by molar-refractivity contribution is -0.128. The second-order valence-corrected chi connectivity index (χ2v) is 6.94. The Bertz CT molecular complexity index is 1020. The SMILES string of the molecule is O=C(Nc1cccc2c(O)cccc12)NC1CC(=O)N(Cc2ccccc2)C1. The molecule has 1 fully saturated rings. The number of likely N-dealkylation sites (tertiary alicyclic amines) is 1. The largest absolute Gasteiger partial charge is 0.507 e. The summed E-state index contributed by atoms with van der Waals surface area (Å²) in [7, 11) is 0. The molecule has 3 aromatic carbocycles. The number of hydrogen-bond donors (Lipinski definition) is 3. The summed E-state index contributed by atoms with van der Waals surface area (Å²) in [5.41, 5.74) is 1.67. The Labute approximate surface area is 162 Å².